The minimum absolute atomic E-state index is 0.174. The lowest BCUT2D eigenvalue weighted by Gasteiger charge is -2.13. The molecule has 0 unspecified atom stereocenters. The van der Waals surface area contributed by atoms with Crippen LogP contribution in [0.2, 0.25) is 0 Å². The van der Waals surface area contributed by atoms with Crippen molar-refractivity contribution in [1.82, 2.24) is 20.2 Å². The standard InChI is InChI=1S/C15H17N5O4/c1-24-13-5-4-11(7-12(13)20-8-16-18-19-20)17-14(21)9-2-3-10(6-9)15(22)23/h4-5,7-10H,2-3,6H2,1H3,(H,17,21)(H,22,23)/t9-,10+/m1/s1. The molecule has 1 fully saturated rings. The van der Waals surface area contributed by atoms with Crippen molar-refractivity contribution in [3.8, 4) is 11.4 Å². The van der Waals surface area contributed by atoms with Crippen LogP contribution in [0, 0.1) is 11.8 Å². The van der Waals surface area contributed by atoms with Gasteiger partial charge >= 0.3 is 5.97 Å². The molecule has 1 aromatic heterocycles. The van der Waals surface area contributed by atoms with Crippen LogP contribution >= 0.6 is 0 Å². The van der Waals surface area contributed by atoms with Crippen LogP contribution < -0.4 is 10.1 Å². The zero-order valence-electron chi connectivity index (χ0n) is 13.0. The molecule has 0 saturated heterocycles. The second-order valence-corrected chi connectivity index (χ2v) is 5.68. The third-order valence-electron chi connectivity index (χ3n) is 4.19. The van der Waals surface area contributed by atoms with Gasteiger partial charge in [-0.05, 0) is 47.9 Å². The van der Waals surface area contributed by atoms with E-state index >= 15 is 0 Å². The van der Waals surface area contributed by atoms with Gasteiger partial charge in [-0.2, -0.15) is 4.68 Å². The molecule has 2 aromatic rings. The fourth-order valence-corrected chi connectivity index (χ4v) is 2.91. The number of carboxylic acids is 1. The number of hydrogen-bond acceptors (Lipinski definition) is 6. The van der Waals surface area contributed by atoms with Crippen LogP contribution in [0.4, 0.5) is 5.69 Å². The largest absolute Gasteiger partial charge is 0.494 e. The van der Waals surface area contributed by atoms with E-state index in [4.69, 9.17) is 9.84 Å². The number of nitrogens with zero attached hydrogens (tertiary/aromatic N) is 4. The number of amides is 1. The van der Waals surface area contributed by atoms with Gasteiger partial charge in [-0.15, -0.1) is 5.10 Å². The monoisotopic (exact) mass is 331 g/mol. The Bertz CT molecular complexity index is 746. The smallest absolute Gasteiger partial charge is 0.306 e. The number of carbonyl (C=O) groups is 2. The molecular weight excluding hydrogens is 314 g/mol. The number of aromatic nitrogens is 4. The maximum Gasteiger partial charge on any atom is 0.306 e. The molecule has 1 amide bonds. The fraction of sp³-hybridized carbons (Fsp3) is 0.400. The molecule has 0 radical (unpaired) electrons. The zero-order valence-corrected chi connectivity index (χ0v) is 13.0. The van der Waals surface area contributed by atoms with E-state index in [2.05, 4.69) is 20.8 Å². The SMILES string of the molecule is COc1ccc(NC(=O)[C@@H]2CC[C@H](C(=O)O)C2)cc1-n1cnnn1. The Morgan fingerprint density at radius 1 is 1.33 bits per heavy atom. The predicted octanol–water partition coefficient (Wildman–Crippen LogP) is 1.11. The van der Waals surface area contributed by atoms with E-state index in [-0.39, 0.29) is 11.8 Å². The molecule has 0 spiro atoms. The molecule has 9 nitrogen and oxygen atoms in total. The fourth-order valence-electron chi connectivity index (χ4n) is 2.91. The lowest BCUT2D eigenvalue weighted by atomic mass is 10.0. The number of benzene rings is 1. The van der Waals surface area contributed by atoms with E-state index < -0.39 is 11.9 Å². The second kappa shape index (κ2) is 6.65. The van der Waals surface area contributed by atoms with Crippen LogP contribution in [0.5, 0.6) is 5.75 Å². The average molecular weight is 331 g/mol. The van der Waals surface area contributed by atoms with Gasteiger partial charge in [0.1, 0.15) is 17.8 Å². The zero-order chi connectivity index (χ0) is 17.1. The van der Waals surface area contributed by atoms with E-state index in [0.717, 1.165) is 0 Å². The summed E-state index contributed by atoms with van der Waals surface area (Å²) >= 11 is 0. The van der Waals surface area contributed by atoms with Crippen molar-refractivity contribution >= 4 is 17.6 Å². The summed E-state index contributed by atoms with van der Waals surface area (Å²) in [5.74, 6) is -1.17. The Balaban J connectivity index is 1.75. The van der Waals surface area contributed by atoms with Gasteiger partial charge in [-0.25, -0.2) is 0 Å². The summed E-state index contributed by atoms with van der Waals surface area (Å²) in [5, 5.41) is 22.9. The van der Waals surface area contributed by atoms with Gasteiger partial charge < -0.3 is 15.2 Å². The molecule has 1 saturated carbocycles. The maximum absolute atomic E-state index is 12.4. The number of nitrogens with one attached hydrogen (secondary N) is 1. The second-order valence-electron chi connectivity index (χ2n) is 5.68. The number of methoxy groups -OCH3 is 1. The molecule has 0 aliphatic heterocycles. The van der Waals surface area contributed by atoms with Crippen LogP contribution in [-0.2, 0) is 9.59 Å². The summed E-state index contributed by atoms with van der Waals surface area (Å²) in [4.78, 5) is 23.4. The summed E-state index contributed by atoms with van der Waals surface area (Å²) in [6.07, 6.45) is 2.92. The van der Waals surface area contributed by atoms with E-state index in [1.165, 1.54) is 18.1 Å². The number of anilines is 1. The number of carbonyl (C=O) groups excluding carboxylic acids is 1. The number of rotatable bonds is 5. The van der Waals surface area contributed by atoms with Crippen LogP contribution in [0.15, 0.2) is 24.5 Å². The minimum Gasteiger partial charge on any atom is -0.494 e. The van der Waals surface area contributed by atoms with Crippen LogP contribution in [0.1, 0.15) is 19.3 Å². The highest BCUT2D eigenvalue weighted by Crippen LogP contribution is 2.32. The molecule has 1 aliphatic carbocycles. The first-order valence-electron chi connectivity index (χ1n) is 7.53. The highest BCUT2D eigenvalue weighted by Gasteiger charge is 2.33. The van der Waals surface area contributed by atoms with Crippen LogP contribution in [-0.4, -0.2) is 44.3 Å². The van der Waals surface area contributed by atoms with Gasteiger partial charge in [-0.3, -0.25) is 9.59 Å². The lowest BCUT2D eigenvalue weighted by molar-refractivity contribution is -0.141. The molecule has 2 atom stereocenters. The number of ether oxygens (including phenoxy) is 1. The van der Waals surface area contributed by atoms with E-state index in [0.29, 0.717) is 36.4 Å². The summed E-state index contributed by atoms with van der Waals surface area (Å²) in [6, 6.07) is 5.13. The summed E-state index contributed by atoms with van der Waals surface area (Å²) in [7, 11) is 1.53. The summed E-state index contributed by atoms with van der Waals surface area (Å²) < 4.78 is 6.71. The van der Waals surface area contributed by atoms with Crippen molar-refractivity contribution in [3.63, 3.8) is 0 Å². The van der Waals surface area contributed by atoms with Gasteiger partial charge in [-0.1, -0.05) is 0 Å². The van der Waals surface area contributed by atoms with Gasteiger partial charge in [0.25, 0.3) is 0 Å². The molecule has 3 rings (SSSR count). The highest BCUT2D eigenvalue weighted by molar-refractivity contribution is 5.93. The number of hydrogen-bond donors (Lipinski definition) is 2. The Morgan fingerprint density at radius 2 is 2.12 bits per heavy atom. The Morgan fingerprint density at radius 3 is 2.75 bits per heavy atom. The van der Waals surface area contributed by atoms with Crippen molar-refractivity contribution in [2.24, 2.45) is 11.8 Å². The van der Waals surface area contributed by atoms with Gasteiger partial charge in [0.2, 0.25) is 5.91 Å². The normalized spacial score (nSPS) is 19.9. The number of tetrazole rings is 1. The molecule has 24 heavy (non-hydrogen) atoms. The summed E-state index contributed by atoms with van der Waals surface area (Å²) in [6.45, 7) is 0. The first-order valence-corrected chi connectivity index (χ1v) is 7.53. The number of carboxylic acid groups (broad SMARTS) is 1. The molecule has 2 N–H and O–H groups in total. The molecule has 9 heteroatoms. The highest BCUT2D eigenvalue weighted by atomic mass is 16.5. The molecule has 126 valence electrons. The quantitative estimate of drug-likeness (QED) is 0.842. The van der Waals surface area contributed by atoms with Crippen LogP contribution in [0.25, 0.3) is 5.69 Å². The Hall–Kier alpha value is -2.97. The third kappa shape index (κ3) is 3.19. The third-order valence-corrected chi connectivity index (χ3v) is 4.19. The van der Waals surface area contributed by atoms with E-state index in [1.54, 1.807) is 18.2 Å². The van der Waals surface area contributed by atoms with Crippen molar-refractivity contribution in [2.45, 2.75) is 19.3 Å². The topological polar surface area (TPSA) is 119 Å². The average Bonchev–Trinajstić information content (AvgIpc) is 3.26. The Labute approximate surface area is 137 Å². The van der Waals surface area contributed by atoms with Crippen molar-refractivity contribution in [3.05, 3.63) is 24.5 Å². The number of aliphatic carboxylic acids is 1. The maximum atomic E-state index is 12.4. The van der Waals surface area contributed by atoms with E-state index in [1.807, 2.05) is 0 Å². The molecule has 1 aromatic carbocycles. The van der Waals surface area contributed by atoms with Crippen LogP contribution in [0.3, 0.4) is 0 Å². The first kappa shape index (κ1) is 15.9. The van der Waals surface area contributed by atoms with Gasteiger partial charge in [0.15, 0.2) is 0 Å². The van der Waals surface area contributed by atoms with Crippen molar-refractivity contribution in [1.29, 1.82) is 0 Å². The molecule has 1 heterocycles. The molecule has 0 bridgehead atoms. The van der Waals surface area contributed by atoms with Gasteiger partial charge in [0.05, 0.1) is 13.0 Å². The molecular formula is C15H17N5O4. The van der Waals surface area contributed by atoms with Gasteiger partial charge in [0, 0.05) is 11.6 Å². The van der Waals surface area contributed by atoms with E-state index in [9.17, 15) is 9.59 Å². The van der Waals surface area contributed by atoms with Crippen molar-refractivity contribution in [2.75, 3.05) is 12.4 Å². The predicted molar refractivity (Wildman–Crippen MR) is 82.8 cm³/mol. The first-order chi connectivity index (χ1) is 11.6. The minimum atomic E-state index is -0.837. The summed E-state index contributed by atoms with van der Waals surface area (Å²) in [5.41, 5.74) is 1.17. The lowest BCUT2D eigenvalue weighted by Crippen LogP contribution is -2.21. The van der Waals surface area contributed by atoms with Crippen molar-refractivity contribution < 1.29 is 19.4 Å². The Kier molecular flexibility index (Phi) is 4.41. The molecule has 1 aliphatic rings.